The molecule has 0 aromatic rings. The van der Waals surface area contributed by atoms with Crippen LogP contribution in [0.3, 0.4) is 0 Å². The van der Waals surface area contributed by atoms with Crippen LogP contribution >= 0.6 is 11.8 Å². The Morgan fingerprint density at radius 3 is 2.81 bits per heavy atom. The third kappa shape index (κ3) is 3.44. The number of carbonyl (C=O) groups excluding carboxylic acids is 1. The molecule has 0 bridgehead atoms. The van der Waals surface area contributed by atoms with Gasteiger partial charge in [-0.1, -0.05) is 11.6 Å². The van der Waals surface area contributed by atoms with E-state index in [9.17, 15) is 9.59 Å². The van der Waals surface area contributed by atoms with Crippen LogP contribution in [-0.4, -0.2) is 46.2 Å². The monoisotopic (exact) mass is 244 g/mol. The largest absolute Gasteiger partial charge is 0.480 e. The number of amides is 2. The van der Waals surface area contributed by atoms with Gasteiger partial charge in [0.25, 0.3) is 0 Å². The first-order valence-corrected chi connectivity index (χ1v) is 6.16. The Morgan fingerprint density at radius 2 is 2.25 bits per heavy atom. The Labute approximate surface area is 98.9 Å². The number of carbonyl (C=O) groups is 2. The van der Waals surface area contributed by atoms with E-state index in [0.717, 1.165) is 5.57 Å². The summed E-state index contributed by atoms with van der Waals surface area (Å²) in [4.78, 5) is 23.9. The van der Waals surface area contributed by atoms with Crippen LogP contribution in [0, 0.1) is 0 Å². The zero-order chi connectivity index (χ0) is 12.1. The molecule has 2 amide bonds. The summed E-state index contributed by atoms with van der Waals surface area (Å²) in [5.41, 5.74) is 1.12. The van der Waals surface area contributed by atoms with Crippen LogP contribution in [0.25, 0.3) is 0 Å². The molecule has 16 heavy (non-hydrogen) atoms. The summed E-state index contributed by atoms with van der Waals surface area (Å²) in [6.07, 6.45) is 1.89. The zero-order valence-corrected chi connectivity index (χ0v) is 10.2. The first-order chi connectivity index (χ1) is 7.52. The van der Waals surface area contributed by atoms with Gasteiger partial charge in [0.05, 0.1) is 5.88 Å². The molecule has 1 heterocycles. The lowest BCUT2D eigenvalue weighted by Crippen LogP contribution is -2.46. The highest BCUT2D eigenvalue weighted by molar-refractivity contribution is 7.99. The Balaban J connectivity index is 2.47. The average Bonchev–Trinajstić information content (AvgIpc) is 2.65. The lowest BCUT2D eigenvalue weighted by Gasteiger charge is -2.20. The number of aliphatic carboxylic acids is 1. The number of carboxylic acids is 1. The maximum Gasteiger partial charge on any atom is 0.327 e. The molecule has 1 rings (SSSR count). The lowest BCUT2D eigenvalue weighted by molar-refractivity contribution is -0.140. The topological polar surface area (TPSA) is 69.6 Å². The summed E-state index contributed by atoms with van der Waals surface area (Å²) >= 11 is 1.46. The molecule has 2 N–H and O–H groups in total. The molecule has 0 spiro atoms. The Morgan fingerprint density at radius 1 is 1.56 bits per heavy atom. The van der Waals surface area contributed by atoms with Crippen molar-refractivity contribution in [2.75, 3.05) is 18.2 Å². The van der Waals surface area contributed by atoms with E-state index in [1.54, 1.807) is 0 Å². The summed E-state index contributed by atoms with van der Waals surface area (Å²) < 4.78 is 0. The van der Waals surface area contributed by atoms with Crippen molar-refractivity contribution in [1.82, 2.24) is 10.2 Å². The number of hydrogen-bond donors (Lipinski definition) is 2. The number of urea groups is 1. The van der Waals surface area contributed by atoms with Crippen LogP contribution in [0.15, 0.2) is 11.6 Å². The van der Waals surface area contributed by atoms with Crippen molar-refractivity contribution in [3.8, 4) is 0 Å². The molecule has 0 aliphatic carbocycles. The van der Waals surface area contributed by atoms with Gasteiger partial charge in [0.15, 0.2) is 0 Å². The molecule has 1 aliphatic rings. The van der Waals surface area contributed by atoms with Gasteiger partial charge < -0.3 is 15.3 Å². The molecule has 0 aromatic carbocycles. The van der Waals surface area contributed by atoms with Crippen molar-refractivity contribution < 1.29 is 14.7 Å². The van der Waals surface area contributed by atoms with Crippen molar-refractivity contribution in [2.24, 2.45) is 0 Å². The minimum absolute atomic E-state index is 0.310. The molecular formula is C10H16N2O3S. The van der Waals surface area contributed by atoms with Crippen LogP contribution < -0.4 is 5.32 Å². The quantitative estimate of drug-likeness (QED) is 0.730. The number of thioether (sulfide) groups is 1. The second-order valence-corrected chi connectivity index (χ2v) is 4.79. The average molecular weight is 244 g/mol. The second kappa shape index (κ2) is 5.79. The number of hydrogen-bond acceptors (Lipinski definition) is 3. The smallest absolute Gasteiger partial charge is 0.327 e. The highest BCUT2D eigenvalue weighted by Gasteiger charge is 2.34. The van der Waals surface area contributed by atoms with E-state index < -0.39 is 12.0 Å². The van der Waals surface area contributed by atoms with E-state index in [0.29, 0.717) is 18.2 Å². The second-order valence-electron chi connectivity index (χ2n) is 3.79. The maximum absolute atomic E-state index is 11.7. The van der Waals surface area contributed by atoms with Crippen LogP contribution in [0.2, 0.25) is 0 Å². The van der Waals surface area contributed by atoms with Crippen molar-refractivity contribution in [2.45, 2.75) is 19.9 Å². The number of allylic oxidation sites excluding steroid dienone is 1. The van der Waals surface area contributed by atoms with Gasteiger partial charge in [-0.2, -0.15) is 0 Å². The highest BCUT2D eigenvalue weighted by Crippen LogP contribution is 2.20. The fraction of sp³-hybridized carbons (Fsp3) is 0.600. The van der Waals surface area contributed by atoms with Crippen molar-refractivity contribution >= 4 is 23.8 Å². The Kier molecular flexibility index (Phi) is 4.67. The summed E-state index contributed by atoms with van der Waals surface area (Å²) in [6.45, 7) is 4.32. The van der Waals surface area contributed by atoms with Crippen LogP contribution in [0.4, 0.5) is 4.79 Å². The molecule has 1 fully saturated rings. The number of nitrogens with one attached hydrogen (secondary N) is 1. The number of rotatable bonds is 3. The maximum atomic E-state index is 11.7. The first-order valence-electron chi connectivity index (χ1n) is 5.00. The third-order valence-corrected chi connectivity index (χ3v) is 3.20. The molecule has 5 nitrogen and oxygen atoms in total. The summed E-state index contributed by atoms with van der Waals surface area (Å²) in [6, 6.07) is -1.01. The minimum Gasteiger partial charge on any atom is -0.480 e. The predicted molar refractivity (Wildman–Crippen MR) is 63.4 cm³/mol. The standard InChI is InChI=1S/C10H16N2O3S/c1-7(2)3-4-11-10(15)12-6-16-5-8(12)9(13)14/h3,8H,4-6H2,1-2H3,(H,11,15)(H,13,14). The van der Waals surface area contributed by atoms with Gasteiger partial charge >= 0.3 is 12.0 Å². The molecule has 0 saturated carbocycles. The first kappa shape index (κ1) is 12.9. The van der Waals surface area contributed by atoms with Crippen LogP contribution in [0.1, 0.15) is 13.8 Å². The van der Waals surface area contributed by atoms with E-state index in [1.165, 1.54) is 16.7 Å². The normalized spacial score (nSPS) is 19.4. The summed E-state index contributed by atoms with van der Waals surface area (Å²) in [7, 11) is 0. The SMILES string of the molecule is CC(C)=CCNC(=O)N1CSCC1C(=O)O. The highest BCUT2D eigenvalue weighted by atomic mass is 32.2. The van der Waals surface area contributed by atoms with Gasteiger partial charge in [0, 0.05) is 12.3 Å². The van der Waals surface area contributed by atoms with E-state index >= 15 is 0 Å². The molecule has 0 aromatic heterocycles. The van der Waals surface area contributed by atoms with Gasteiger partial charge in [0.2, 0.25) is 0 Å². The number of nitrogens with zero attached hydrogens (tertiary/aromatic N) is 1. The fourth-order valence-electron chi connectivity index (χ4n) is 1.29. The van der Waals surface area contributed by atoms with Crippen molar-refractivity contribution in [3.05, 3.63) is 11.6 Å². The minimum atomic E-state index is -0.942. The van der Waals surface area contributed by atoms with E-state index in [-0.39, 0.29) is 6.03 Å². The predicted octanol–water partition coefficient (Wildman–Crippen LogP) is 1.12. The lowest BCUT2D eigenvalue weighted by atomic mass is 10.3. The number of carboxylic acid groups (broad SMARTS) is 1. The molecule has 1 atom stereocenters. The van der Waals surface area contributed by atoms with E-state index in [4.69, 9.17) is 5.11 Å². The zero-order valence-electron chi connectivity index (χ0n) is 9.40. The van der Waals surface area contributed by atoms with Gasteiger partial charge in [-0.3, -0.25) is 0 Å². The van der Waals surface area contributed by atoms with Crippen molar-refractivity contribution in [1.29, 1.82) is 0 Å². The van der Waals surface area contributed by atoms with Crippen LogP contribution in [0.5, 0.6) is 0 Å². The summed E-state index contributed by atoms with van der Waals surface area (Å²) in [5.74, 6) is -0.0365. The molecule has 90 valence electrons. The van der Waals surface area contributed by atoms with Gasteiger partial charge in [-0.05, 0) is 13.8 Å². The van der Waals surface area contributed by atoms with Gasteiger partial charge in [-0.25, -0.2) is 9.59 Å². The molecule has 0 radical (unpaired) electrons. The molecule has 6 heteroatoms. The van der Waals surface area contributed by atoms with Gasteiger partial charge in [0.1, 0.15) is 6.04 Å². The van der Waals surface area contributed by atoms with Gasteiger partial charge in [-0.15, -0.1) is 11.8 Å². The Hall–Kier alpha value is -1.17. The summed E-state index contributed by atoms with van der Waals surface area (Å²) in [5, 5.41) is 11.6. The molecular weight excluding hydrogens is 228 g/mol. The molecule has 1 unspecified atom stereocenters. The molecule has 1 aliphatic heterocycles. The molecule has 1 saturated heterocycles. The fourth-order valence-corrected chi connectivity index (χ4v) is 2.44. The van der Waals surface area contributed by atoms with Crippen molar-refractivity contribution in [3.63, 3.8) is 0 Å². The third-order valence-electron chi connectivity index (χ3n) is 2.19. The Bertz CT molecular complexity index is 313. The van der Waals surface area contributed by atoms with E-state index in [1.807, 2.05) is 19.9 Å². The van der Waals surface area contributed by atoms with E-state index in [2.05, 4.69) is 5.32 Å². The van der Waals surface area contributed by atoms with Crippen LogP contribution in [-0.2, 0) is 4.79 Å².